The molecule has 1 aliphatic rings. The van der Waals surface area contributed by atoms with E-state index in [2.05, 4.69) is 40.5 Å². The minimum absolute atomic E-state index is 0.128. The summed E-state index contributed by atoms with van der Waals surface area (Å²) >= 11 is 0. The summed E-state index contributed by atoms with van der Waals surface area (Å²) in [6, 6.07) is 19.0. The molecule has 0 bridgehead atoms. The minimum atomic E-state index is 0.128. The molecule has 1 aliphatic heterocycles. The number of nitrogens with one attached hydrogen (secondary N) is 1. The molecular weight excluding hydrogens is 336 g/mol. The number of rotatable bonds is 8. The third kappa shape index (κ3) is 6.10. The summed E-state index contributed by atoms with van der Waals surface area (Å²) < 4.78 is 5.24. The third-order valence-electron chi connectivity index (χ3n) is 5.29. The number of likely N-dealkylation sites (tertiary alicyclic amines) is 1. The highest BCUT2D eigenvalue weighted by molar-refractivity contribution is 5.76. The van der Waals surface area contributed by atoms with E-state index in [9.17, 15) is 4.79 Å². The summed E-state index contributed by atoms with van der Waals surface area (Å²) in [6.45, 7) is 2.81. The van der Waals surface area contributed by atoms with Gasteiger partial charge in [-0.25, -0.2) is 0 Å². The SMILES string of the molecule is COc1cccc(CCC(=O)NCC2CCCCN2Cc2ccccc2)c1. The fraction of sp³-hybridized carbons (Fsp3) is 0.435. The predicted octanol–water partition coefficient (Wildman–Crippen LogP) is 3.80. The molecule has 1 heterocycles. The van der Waals surface area contributed by atoms with Crippen LogP contribution in [0.5, 0.6) is 5.75 Å². The van der Waals surface area contributed by atoms with Gasteiger partial charge < -0.3 is 10.1 Å². The van der Waals surface area contributed by atoms with E-state index in [1.165, 1.54) is 18.4 Å². The van der Waals surface area contributed by atoms with Crippen molar-refractivity contribution < 1.29 is 9.53 Å². The molecule has 27 heavy (non-hydrogen) atoms. The van der Waals surface area contributed by atoms with E-state index >= 15 is 0 Å². The first-order valence-corrected chi connectivity index (χ1v) is 9.92. The molecule has 4 heteroatoms. The number of piperidine rings is 1. The number of carbonyl (C=O) groups is 1. The lowest BCUT2D eigenvalue weighted by Crippen LogP contribution is -2.46. The highest BCUT2D eigenvalue weighted by Gasteiger charge is 2.22. The number of hydrogen-bond donors (Lipinski definition) is 1. The zero-order valence-corrected chi connectivity index (χ0v) is 16.2. The van der Waals surface area contributed by atoms with Crippen LogP contribution in [0.3, 0.4) is 0 Å². The Balaban J connectivity index is 1.46. The number of ether oxygens (including phenoxy) is 1. The largest absolute Gasteiger partial charge is 0.497 e. The third-order valence-corrected chi connectivity index (χ3v) is 5.29. The van der Waals surface area contributed by atoms with Gasteiger partial charge in [0.15, 0.2) is 0 Å². The molecule has 1 amide bonds. The maximum Gasteiger partial charge on any atom is 0.220 e. The summed E-state index contributed by atoms with van der Waals surface area (Å²) in [5.41, 5.74) is 2.47. The highest BCUT2D eigenvalue weighted by atomic mass is 16.5. The number of amides is 1. The van der Waals surface area contributed by atoms with Gasteiger partial charge in [-0.1, -0.05) is 48.9 Å². The molecule has 0 aromatic heterocycles. The van der Waals surface area contributed by atoms with Crippen molar-refractivity contribution >= 4 is 5.91 Å². The molecule has 3 rings (SSSR count). The number of carbonyl (C=O) groups excluding carboxylic acids is 1. The normalized spacial score (nSPS) is 17.4. The molecule has 0 aliphatic carbocycles. The molecule has 4 nitrogen and oxygen atoms in total. The lowest BCUT2D eigenvalue weighted by Gasteiger charge is -2.36. The van der Waals surface area contributed by atoms with E-state index < -0.39 is 0 Å². The van der Waals surface area contributed by atoms with E-state index in [0.717, 1.165) is 43.8 Å². The molecule has 0 radical (unpaired) electrons. The van der Waals surface area contributed by atoms with E-state index in [-0.39, 0.29) is 5.91 Å². The molecule has 1 fully saturated rings. The summed E-state index contributed by atoms with van der Waals surface area (Å²) in [5, 5.41) is 3.16. The Labute approximate surface area is 162 Å². The van der Waals surface area contributed by atoms with Gasteiger partial charge in [0.2, 0.25) is 5.91 Å². The standard InChI is InChI=1S/C23H30N2O2/c1-27-22-12-7-10-19(16-22)13-14-23(26)24-17-21-11-5-6-15-25(21)18-20-8-3-2-4-9-20/h2-4,7-10,12,16,21H,5-6,11,13-15,17-18H2,1H3,(H,24,26). The molecule has 1 atom stereocenters. The van der Waals surface area contributed by atoms with E-state index in [4.69, 9.17) is 4.74 Å². The first kappa shape index (κ1) is 19.4. The van der Waals surface area contributed by atoms with Crippen molar-refractivity contribution in [2.24, 2.45) is 0 Å². The molecule has 1 unspecified atom stereocenters. The van der Waals surface area contributed by atoms with Crippen molar-refractivity contribution in [2.45, 2.75) is 44.7 Å². The van der Waals surface area contributed by atoms with E-state index in [1.807, 2.05) is 24.3 Å². The smallest absolute Gasteiger partial charge is 0.220 e. The van der Waals surface area contributed by atoms with Crippen LogP contribution < -0.4 is 10.1 Å². The molecule has 2 aromatic carbocycles. The maximum absolute atomic E-state index is 12.3. The molecule has 0 spiro atoms. The second kappa shape index (κ2) is 10.1. The van der Waals surface area contributed by atoms with Crippen LogP contribution in [0.2, 0.25) is 0 Å². The second-order valence-corrected chi connectivity index (χ2v) is 7.26. The van der Waals surface area contributed by atoms with Crippen molar-refractivity contribution in [1.82, 2.24) is 10.2 Å². The zero-order valence-electron chi connectivity index (χ0n) is 16.2. The Morgan fingerprint density at radius 1 is 1.11 bits per heavy atom. The van der Waals surface area contributed by atoms with Crippen LogP contribution in [-0.4, -0.2) is 37.0 Å². The van der Waals surface area contributed by atoms with Gasteiger partial charge in [-0.15, -0.1) is 0 Å². The average molecular weight is 367 g/mol. The molecule has 2 aromatic rings. The molecular formula is C23H30N2O2. The maximum atomic E-state index is 12.3. The lowest BCUT2D eigenvalue weighted by atomic mass is 10.0. The summed E-state index contributed by atoms with van der Waals surface area (Å²) in [6.07, 6.45) is 4.89. The van der Waals surface area contributed by atoms with Gasteiger partial charge in [-0.3, -0.25) is 9.69 Å². The number of hydrogen-bond acceptors (Lipinski definition) is 3. The summed E-state index contributed by atoms with van der Waals surface area (Å²) in [5.74, 6) is 0.967. The van der Waals surface area contributed by atoms with Gasteiger partial charge >= 0.3 is 0 Å². The topological polar surface area (TPSA) is 41.6 Å². The molecule has 0 saturated carbocycles. The second-order valence-electron chi connectivity index (χ2n) is 7.26. The van der Waals surface area contributed by atoms with Crippen LogP contribution in [0.25, 0.3) is 0 Å². The number of nitrogens with zero attached hydrogens (tertiary/aromatic N) is 1. The fourth-order valence-electron chi connectivity index (χ4n) is 3.72. The number of benzene rings is 2. The van der Waals surface area contributed by atoms with Crippen LogP contribution in [0.15, 0.2) is 54.6 Å². The van der Waals surface area contributed by atoms with Crippen LogP contribution in [-0.2, 0) is 17.8 Å². The minimum Gasteiger partial charge on any atom is -0.497 e. The van der Waals surface area contributed by atoms with E-state index in [0.29, 0.717) is 12.5 Å². The van der Waals surface area contributed by atoms with Gasteiger partial charge in [-0.05, 0) is 49.1 Å². The Bertz CT molecular complexity index is 717. The monoisotopic (exact) mass is 366 g/mol. The van der Waals surface area contributed by atoms with Gasteiger partial charge in [-0.2, -0.15) is 0 Å². The van der Waals surface area contributed by atoms with Gasteiger partial charge in [0.1, 0.15) is 5.75 Å². The lowest BCUT2D eigenvalue weighted by molar-refractivity contribution is -0.121. The number of methoxy groups -OCH3 is 1. The average Bonchev–Trinajstić information content (AvgIpc) is 2.72. The van der Waals surface area contributed by atoms with Crippen molar-refractivity contribution in [3.8, 4) is 5.75 Å². The zero-order chi connectivity index (χ0) is 18.9. The Morgan fingerprint density at radius 3 is 2.74 bits per heavy atom. The quantitative estimate of drug-likeness (QED) is 0.773. The van der Waals surface area contributed by atoms with Crippen LogP contribution in [0.4, 0.5) is 0 Å². The van der Waals surface area contributed by atoms with Crippen molar-refractivity contribution in [3.63, 3.8) is 0 Å². The Hall–Kier alpha value is -2.33. The van der Waals surface area contributed by atoms with E-state index in [1.54, 1.807) is 7.11 Å². The number of aryl methyl sites for hydroxylation is 1. The fourth-order valence-corrected chi connectivity index (χ4v) is 3.72. The summed E-state index contributed by atoms with van der Waals surface area (Å²) in [7, 11) is 1.66. The Kier molecular flexibility index (Phi) is 7.28. The van der Waals surface area contributed by atoms with Crippen LogP contribution in [0.1, 0.15) is 36.8 Å². The first-order chi connectivity index (χ1) is 13.2. The van der Waals surface area contributed by atoms with Gasteiger partial charge in [0.05, 0.1) is 7.11 Å². The highest BCUT2D eigenvalue weighted by Crippen LogP contribution is 2.19. The van der Waals surface area contributed by atoms with Crippen molar-refractivity contribution in [1.29, 1.82) is 0 Å². The Morgan fingerprint density at radius 2 is 1.93 bits per heavy atom. The molecule has 1 N–H and O–H groups in total. The first-order valence-electron chi connectivity index (χ1n) is 9.92. The molecule has 144 valence electrons. The van der Waals surface area contributed by atoms with Gasteiger partial charge in [0, 0.05) is 25.6 Å². The van der Waals surface area contributed by atoms with Crippen molar-refractivity contribution in [2.75, 3.05) is 20.2 Å². The summed E-state index contributed by atoms with van der Waals surface area (Å²) in [4.78, 5) is 14.8. The van der Waals surface area contributed by atoms with Crippen molar-refractivity contribution in [3.05, 3.63) is 65.7 Å². The van der Waals surface area contributed by atoms with Gasteiger partial charge in [0.25, 0.3) is 0 Å². The van der Waals surface area contributed by atoms with Crippen LogP contribution in [0, 0.1) is 0 Å². The molecule has 1 saturated heterocycles. The van der Waals surface area contributed by atoms with Crippen LogP contribution >= 0.6 is 0 Å². The predicted molar refractivity (Wildman–Crippen MR) is 109 cm³/mol.